The van der Waals surface area contributed by atoms with E-state index in [4.69, 9.17) is 46.4 Å². The Morgan fingerprint density at radius 1 is 0.971 bits per heavy atom. The highest BCUT2D eigenvalue weighted by Gasteiger charge is 2.31. The minimum Gasteiger partial charge on any atom is -0.354 e. The quantitative estimate of drug-likeness (QED) is 0.387. The second-order valence-electron chi connectivity index (χ2n) is 8.45. The van der Waals surface area contributed by atoms with Crippen molar-refractivity contribution in [2.75, 3.05) is 23.7 Å². The van der Waals surface area contributed by atoms with E-state index in [9.17, 15) is 18.0 Å². The molecule has 0 aromatic heterocycles. The standard InChI is InChI=1S/C23H27Cl4N3O4S/c1-14(2)11-28-23(32)15(3)29(12-16-6-5-7-17(24)8-16)22(31)13-30(35(4,33)34)21-10-19(26)18(25)9-20(21)27/h5-10,14-15H,11-13H2,1-4H3,(H,28,32)/t15-/m0/s1. The molecule has 2 aromatic carbocycles. The van der Waals surface area contributed by atoms with Gasteiger partial charge in [-0.25, -0.2) is 8.42 Å². The first kappa shape index (κ1) is 29.5. The third-order valence-electron chi connectivity index (χ3n) is 5.03. The Morgan fingerprint density at radius 2 is 1.60 bits per heavy atom. The van der Waals surface area contributed by atoms with E-state index in [2.05, 4.69) is 5.32 Å². The molecule has 0 aliphatic heterocycles. The van der Waals surface area contributed by atoms with Crippen molar-refractivity contribution in [3.8, 4) is 0 Å². The molecule has 1 N–H and O–H groups in total. The fourth-order valence-electron chi connectivity index (χ4n) is 3.17. The van der Waals surface area contributed by atoms with E-state index >= 15 is 0 Å². The van der Waals surface area contributed by atoms with Crippen LogP contribution in [0.1, 0.15) is 26.3 Å². The number of halogens is 4. The van der Waals surface area contributed by atoms with Crippen molar-refractivity contribution in [1.29, 1.82) is 0 Å². The van der Waals surface area contributed by atoms with Crippen LogP contribution in [-0.4, -0.2) is 50.5 Å². The summed E-state index contributed by atoms with van der Waals surface area (Å²) >= 11 is 24.4. The van der Waals surface area contributed by atoms with Crippen LogP contribution >= 0.6 is 46.4 Å². The highest BCUT2D eigenvalue weighted by atomic mass is 35.5. The average molecular weight is 583 g/mol. The summed E-state index contributed by atoms with van der Waals surface area (Å²) in [5.74, 6) is -0.780. The Balaban J connectivity index is 2.44. The summed E-state index contributed by atoms with van der Waals surface area (Å²) in [4.78, 5) is 27.6. The van der Waals surface area contributed by atoms with Gasteiger partial charge in [0.25, 0.3) is 0 Å². The number of carbonyl (C=O) groups is 2. The number of amides is 2. The molecule has 0 saturated carbocycles. The molecule has 0 bridgehead atoms. The molecule has 0 saturated heterocycles. The van der Waals surface area contributed by atoms with Crippen LogP contribution in [0.2, 0.25) is 20.1 Å². The van der Waals surface area contributed by atoms with E-state index in [1.165, 1.54) is 17.0 Å². The molecular formula is C23H27Cl4N3O4S. The summed E-state index contributed by atoms with van der Waals surface area (Å²) < 4.78 is 26.1. The molecule has 12 heteroatoms. The van der Waals surface area contributed by atoms with Gasteiger partial charge in [0.2, 0.25) is 21.8 Å². The van der Waals surface area contributed by atoms with Crippen molar-refractivity contribution in [1.82, 2.24) is 10.2 Å². The van der Waals surface area contributed by atoms with E-state index < -0.39 is 28.5 Å². The molecule has 0 aliphatic rings. The monoisotopic (exact) mass is 581 g/mol. The van der Waals surface area contributed by atoms with Crippen molar-refractivity contribution in [3.05, 3.63) is 62.1 Å². The van der Waals surface area contributed by atoms with Crippen LogP contribution in [0, 0.1) is 5.92 Å². The fraction of sp³-hybridized carbons (Fsp3) is 0.391. The maximum atomic E-state index is 13.5. The minimum atomic E-state index is -3.97. The summed E-state index contributed by atoms with van der Waals surface area (Å²) in [5, 5.41) is 3.49. The second-order valence-corrected chi connectivity index (χ2v) is 12.0. The van der Waals surface area contributed by atoms with Gasteiger partial charge in [-0.15, -0.1) is 0 Å². The summed E-state index contributed by atoms with van der Waals surface area (Å²) in [5.41, 5.74) is 0.671. The lowest BCUT2D eigenvalue weighted by atomic mass is 10.1. The third-order valence-corrected chi connectivity index (χ3v) is 7.42. The average Bonchev–Trinajstić information content (AvgIpc) is 2.75. The van der Waals surface area contributed by atoms with Crippen LogP contribution in [0.15, 0.2) is 36.4 Å². The van der Waals surface area contributed by atoms with Crippen molar-refractivity contribution in [2.24, 2.45) is 5.92 Å². The van der Waals surface area contributed by atoms with Crippen molar-refractivity contribution < 1.29 is 18.0 Å². The van der Waals surface area contributed by atoms with Gasteiger partial charge < -0.3 is 10.2 Å². The van der Waals surface area contributed by atoms with E-state index in [1.54, 1.807) is 31.2 Å². The van der Waals surface area contributed by atoms with Gasteiger partial charge >= 0.3 is 0 Å². The van der Waals surface area contributed by atoms with Gasteiger partial charge in [0, 0.05) is 18.1 Å². The third kappa shape index (κ3) is 8.43. The number of nitrogens with one attached hydrogen (secondary N) is 1. The Labute approximate surface area is 226 Å². The number of benzene rings is 2. The molecule has 1 atom stereocenters. The van der Waals surface area contributed by atoms with Crippen LogP contribution in [0.25, 0.3) is 0 Å². The van der Waals surface area contributed by atoms with Crippen LogP contribution in [-0.2, 0) is 26.2 Å². The molecular weight excluding hydrogens is 556 g/mol. The zero-order valence-electron chi connectivity index (χ0n) is 19.7. The second kappa shape index (κ2) is 12.5. The van der Waals surface area contributed by atoms with E-state index in [1.807, 2.05) is 13.8 Å². The number of anilines is 1. The number of hydrogen-bond acceptors (Lipinski definition) is 4. The minimum absolute atomic E-state index is 0.00161. The van der Waals surface area contributed by atoms with Crippen molar-refractivity contribution >= 4 is 73.9 Å². The normalized spacial score (nSPS) is 12.4. The molecule has 0 spiro atoms. The largest absolute Gasteiger partial charge is 0.354 e. The first-order valence-corrected chi connectivity index (χ1v) is 14.0. The molecule has 2 amide bonds. The zero-order valence-corrected chi connectivity index (χ0v) is 23.5. The van der Waals surface area contributed by atoms with Gasteiger partial charge in [-0.1, -0.05) is 72.4 Å². The molecule has 192 valence electrons. The van der Waals surface area contributed by atoms with Gasteiger partial charge in [-0.3, -0.25) is 13.9 Å². The van der Waals surface area contributed by atoms with Crippen molar-refractivity contribution in [3.63, 3.8) is 0 Å². The van der Waals surface area contributed by atoms with Gasteiger partial charge in [0.15, 0.2) is 0 Å². The molecule has 2 aromatic rings. The Bertz CT molecular complexity index is 1190. The molecule has 35 heavy (non-hydrogen) atoms. The Kier molecular flexibility index (Phi) is 10.5. The number of nitrogens with zero attached hydrogens (tertiary/aromatic N) is 2. The zero-order chi connectivity index (χ0) is 26.5. The predicted molar refractivity (Wildman–Crippen MR) is 143 cm³/mol. The molecule has 0 aliphatic carbocycles. The SMILES string of the molecule is CC(C)CNC(=O)[C@H](C)N(Cc1cccc(Cl)c1)C(=O)CN(c1cc(Cl)c(Cl)cc1Cl)S(C)(=O)=O. The Morgan fingerprint density at radius 3 is 2.17 bits per heavy atom. The topological polar surface area (TPSA) is 86.8 Å². The van der Waals surface area contributed by atoms with E-state index in [0.717, 1.165) is 10.6 Å². The number of sulfonamides is 1. The lowest BCUT2D eigenvalue weighted by molar-refractivity contribution is -0.139. The first-order valence-electron chi connectivity index (χ1n) is 10.6. The highest BCUT2D eigenvalue weighted by molar-refractivity contribution is 7.92. The highest BCUT2D eigenvalue weighted by Crippen LogP contribution is 2.35. The molecule has 0 radical (unpaired) electrons. The summed E-state index contributed by atoms with van der Waals surface area (Å²) in [6.45, 7) is 5.32. The van der Waals surface area contributed by atoms with Crippen LogP contribution in [0.5, 0.6) is 0 Å². The summed E-state index contributed by atoms with van der Waals surface area (Å²) in [7, 11) is -3.97. The molecule has 7 nitrogen and oxygen atoms in total. The molecule has 0 unspecified atom stereocenters. The maximum Gasteiger partial charge on any atom is 0.244 e. The lowest BCUT2D eigenvalue weighted by Gasteiger charge is -2.32. The van der Waals surface area contributed by atoms with Gasteiger partial charge in [0.05, 0.1) is 27.0 Å². The first-order chi connectivity index (χ1) is 16.2. The predicted octanol–water partition coefficient (Wildman–Crippen LogP) is 5.26. The number of carbonyl (C=O) groups excluding carboxylic acids is 2. The smallest absolute Gasteiger partial charge is 0.244 e. The van der Waals surface area contributed by atoms with Crippen LogP contribution in [0.4, 0.5) is 5.69 Å². The summed E-state index contributed by atoms with van der Waals surface area (Å²) in [6.07, 6.45) is 0.944. The van der Waals surface area contributed by atoms with Gasteiger partial charge in [-0.05, 0) is 42.7 Å². The van der Waals surface area contributed by atoms with Crippen LogP contribution < -0.4 is 9.62 Å². The fourth-order valence-corrected chi connectivity index (χ4v) is 4.92. The van der Waals surface area contributed by atoms with Crippen LogP contribution in [0.3, 0.4) is 0 Å². The van der Waals surface area contributed by atoms with E-state index in [-0.39, 0.29) is 39.1 Å². The lowest BCUT2D eigenvalue weighted by Crippen LogP contribution is -2.51. The molecule has 2 rings (SSSR count). The molecule has 0 fully saturated rings. The van der Waals surface area contributed by atoms with Gasteiger partial charge in [-0.2, -0.15) is 0 Å². The maximum absolute atomic E-state index is 13.5. The number of hydrogen-bond donors (Lipinski definition) is 1. The summed E-state index contributed by atoms with van der Waals surface area (Å²) in [6, 6.07) is 8.52. The van der Waals surface area contributed by atoms with Crippen molar-refractivity contribution in [2.45, 2.75) is 33.4 Å². The Hall–Kier alpha value is -1.71. The number of rotatable bonds is 10. The van der Waals surface area contributed by atoms with E-state index in [0.29, 0.717) is 17.1 Å². The van der Waals surface area contributed by atoms with Gasteiger partial charge in [0.1, 0.15) is 12.6 Å². The molecule has 0 heterocycles.